The summed E-state index contributed by atoms with van der Waals surface area (Å²) in [5, 5.41) is 3.44. The Bertz CT molecular complexity index is 694. The number of carbonyl (C=O) groups is 1. The summed E-state index contributed by atoms with van der Waals surface area (Å²) in [6.45, 7) is 4.15. The van der Waals surface area contributed by atoms with E-state index in [-0.39, 0.29) is 23.2 Å². The van der Waals surface area contributed by atoms with Crippen LogP contribution in [-0.2, 0) is 14.6 Å². The number of hydrogen-bond donors (Lipinski definition) is 1. The van der Waals surface area contributed by atoms with Crippen molar-refractivity contribution in [1.29, 1.82) is 0 Å². The van der Waals surface area contributed by atoms with Gasteiger partial charge < -0.3 is 15.0 Å². The summed E-state index contributed by atoms with van der Waals surface area (Å²) < 4.78 is 28.4. The zero-order valence-corrected chi connectivity index (χ0v) is 16.7. The summed E-state index contributed by atoms with van der Waals surface area (Å²) in [5.41, 5.74) is 0. The molecule has 1 amide bonds. The molecule has 0 bridgehead atoms. The Labute approximate surface area is 161 Å². The Morgan fingerprint density at radius 1 is 1.15 bits per heavy atom. The van der Waals surface area contributed by atoms with Crippen molar-refractivity contribution in [3.63, 3.8) is 0 Å². The van der Waals surface area contributed by atoms with Crippen LogP contribution in [0, 0.1) is 11.8 Å². The van der Waals surface area contributed by atoms with Gasteiger partial charge in [-0.15, -0.1) is 12.4 Å². The Morgan fingerprint density at radius 2 is 1.73 bits per heavy atom. The maximum Gasteiger partial charge on any atom is 0.225 e. The summed E-state index contributed by atoms with van der Waals surface area (Å²) in [5.74, 6) is 2.14. The van der Waals surface area contributed by atoms with Gasteiger partial charge in [0.05, 0.1) is 17.9 Å². The van der Waals surface area contributed by atoms with Crippen molar-refractivity contribution in [2.24, 2.45) is 11.8 Å². The van der Waals surface area contributed by atoms with Crippen LogP contribution in [-0.4, -0.2) is 58.3 Å². The first-order valence-corrected chi connectivity index (χ1v) is 10.7. The van der Waals surface area contributed by atoms with E-state index in [1.165, 1.54) is 18.4 Å². The maximum absolute atomic E-state index is 12.4. The largest absolute Gasteiger partial charge is 0.493 e. The third kappa shape index (κ3) is 5.34. The topological polar surface area (TPSA) is 75.7 Å². The smallest absolute Gasteiger partial charge is 0.225 e. The quantitative estimate of drug-likeness (QED) is 0.811. The second-order valence-corrected chi connectivity index (χ2v) is 8.99. The Hall–Kier alpha value is -1.31. The normalized spacial score (nSPS) is 22.9. The molecule has 2 saturated heterocycles. The Kier molecular flexibility index (Phi) is 7.32. The summed E-state index contributed by atoms with van der Waals surface area (Å²) in [4.78, 5) is 14.6. The van der Waals surface area contributed by atoms with E-state index in [9.17, 15) is 13.2 Å². The standard InChI is InChI=1S/C18H26N2O4S.ClH/c1-25(22,23)17-4-2-16(3-5-17)24-11-8-18(21)20-9-6-14-12-19-13-15(14)7-10-20;/h2-5,14-15,19H,6-13H2,1H3;1H/t14-,15+;. The van der Waals surface area contributed by atoms with Crippen LogP contribution < -0.4 is 10.1 Å². The molecule has 0 unspecified atom stereocenters. The highest BCUT2D eigenvalue weighted by Crippen LogP contribution is 2.27. The molecular weight excluding hydrogens is 376 g/mol. The number of nitrogens with zero attached hydrogens (tertiary/aromatic N) is 1. The number of rotatable bonds is 5. The highest BCUT2D eigenvalue weighted by Gasteiger charge is 2.31. The molecule has 2 atom stereocenters. The molecule has 26 heavy (non-hydrogen) atoms. The van der Waals surface area contributed by atoms with Gasteiger partial charge in [-0.2, -0.15) is 0 Å². The number of sulfone groups is 1. The Balaban J connectivity index is 0.00000243. The van der Waals surface area contributed by atoms with Crippen LogP contribution in [0.4, 0.5) is 0 Å². The second-order valence-electron chi connectivity index (χ2n) is 6.98. The van der Waals surface area contributed by atoms with Crippen LogP contribution in [0.5, 0.6) is 5.75 Å². The summed E-state index contributed by atoms with van der Waals surface area (Å²) in [6.07, 6.45) is 3.68. The number of halogens is 1. The van der Waals surface area contributed by atoms with Gasteiger partial charge in [-0.05, 0) is 62.0 Å². The molecule has 1 aromatic rings. The van der Waals surface area contributed by atoms with Gasteiger partial charge in [0.2, 0.25) is 5.91 Å². The predicted octanol–water partition coefficient (Wildman–Crippen LogP) is 1.74. The fourth-order valence-electron chi connectivity index (χ4n) is 3.66. The van der Waals surface area contributed by atoms with Gasteiger partial charge >= 0.3 is 0 Å². The molecule has 0 radical (unpaired) electrons. The molecule has 1 aromatic carbocycles. The number of benzene rings is 1. The minimum atomic E-state index is -3.20. The number of nitrogens with one attached hydrogen (secondary N) is 1. The molecule has 2 fully saturated rings. The number of amides is 1. The van der Waals surface area contributed by atoms with Gasteiger partial charge in [-0.3, -0.25) is 4.79 Å². The van der Waals surface area contributed by atoms with Crippen LogP contribution in [0.1, 0.15) is 19.3 Å². The minimum Gasteiger partial charge on any atom is -0.493 e. The van der Waals surface area contributed by atoms with Crippen LogP contribution in [0.2, 0.25) is 0 Å². The van der Waals surface area contributed by atoms with E-state index in [1.807, 2.05) is 4.90 Å². The maximum atomic E-state index is 12.4. The first-order valence-electron chi connectivity index (χ1n) is 8.85. The lowest BCUT2D eigenvalue weighted by atomic mass is 9.92. The molecule has 146 valence electrons. The average molecular weight is 403 g/mol. The lowest BCUT2D eigenvalue weighted by Crippen LogP contribution is -2.33. The van der Waals surface area contributed by atoms with Crippen molar-refractivity contribution in [3.05, 3.63) is 24.3 Å². The number of hydrogen-bond acceptors (Lipinski definition) is 5. The Morgan fingerprint density at radius 3 is 2.27 bits per heavy atom. The van der Waals surface area contributed by atoms with Crippen molar-refractivity contribution in [2.45, 2.75) is 24.2 Å². The van der Waals surface area contributed by atoms with Gasteiger partial charge in [0.25, 0.3) is 0 Å². The molecule has 0 aliphatic carbocycles. The molecule has 0 spiro atoms. The summed E-state index contributed by atoms with van der Waals surface area (Å²) >= 11 is 0. The highest BCUT2D eigenvalue weighted by atomic mass is 35.5. The van der Waals surface area contributed by atoms with Crippen molar-refractivity contribution in [1.82, 2.24) is 10.2 Å². The van der Waals surface area contributed by atoms with E-state index in [4.69, 9.17) is 4.74 Å². The van der Waals surface area contributed by atoms with Gasteiger partial charge in [0, 0.05) is 19.3 Å². The number of fused-ring (bicyclic) bond motifs is 1. The molecular formula is C18H27ClN2O4S. The predicted molar refractivity (Wildman–Crippen MR) is 103 cm³/mol. The number of carbonyl (C=O) groups excluding carboxylic acids is 1. The molecule has 2 aliphatic heterocycles. The van der Waals surface area contributed by atoms with E-state index < -0.39 is 9.84 Å². The molecule has 2 heterocycles. The third-order valence-electron chi connectivity index (χ3n) is 5.21. The summed E-state index contributed by atoms with van der Waals surface area (Å²) in [6, 6.07) is 6.30. The van der Waals surface area contributed by atoms with E-state index in [0.717, 1.165) is 39.0 Å². The molecule has 8 heteroatoms. The molecule has 6 nitrogen and oxygen atoms in total. The van der Waals surface area contributed by atoms with Gasteiger partial charge in [0.1, 0.15) is 5.75 Å². The average Bonchev–Trinajstić information content (AvgIpc) is 2.93. The van der Waals surface area contributed by atoms with Crippen molar-refractivity contribution >= 4 is 28.2 Å². The van der Waals surface area contributed by atoms with E-state index in [1.54, 1.807) is 12.1 Å². The van der Waals surface area contributed by atoms with E-state index in [2.05, 4.69) is 5.32 Å². The van der Waals surface area contributed by atoms with Crippen molar-refractivity contribution in [3.8, 4) is 5.75 Å². The third-order valence-corrected chi connectivity index (χ3v) is 6.34. The fourth-order valence-corrected chi connectivity index (χ4v) is 4.30. The fraction of sp³-hybridized carbons (Fsp3) is 0.611. The first-order chi connectivity index (χ1) is 11.9. The number of ether oxygens (including phenoxy) is 1. The number of likely N-dealkylation sites (tertiary alicyclic amines) is 1. The molecule has 0 saturated carbocycles. The van der Waals surface area contributed by atoms with Crippen LogP contribution in [0.25, 0.3) is 0 Å². The van der Waals surface area contributed by atoms with E-state index >= 15 is 0 Å². The zero-order valence-electron chi connectivity index (χ0n) is 15.0. The van der Waals surface area contributed by atoms with E-state index in [0.29, 0.717) is 30.6 Å². The van der Waals surface area contributed by atoms with Crippen LogP contribution >= 0.6 is 12.4 Å². The second kappa shape index (κ2) is 9.06. The molecule has 0 aromatic heterocycles. The van der Waals surface area contributed by atoms with Crippen LogP contribution in [0.3, 0.4) is 0 Å². The minimum absolute atomic E-state index is 0. The van der Waals surface area contributed by atoms with Crippen molar-refractivity contribution < 1.29 is 17.9 Å². The lowest BCUT2D eigenvalue weighted by Gasteiger charge is -2.21. The van der Waals surface area contributed by atoms with Crippen LogP contribution in [0.15, 0.2) is 29.2 Å². The first kappa shape index (κ1) is 21.0. The zero-order chi connectivity index (χ0) is 17.9. The highest BCUT2D eigenvalue weighted by molar-refractivity contribution is 7.90. The monoisotopic (exact) mass is 402 g/mol. The molecule has 2 aliphatic rings. The van der Waals surface area contributed by atoms with Crippen molar-refractivity contribution in [2.75, 3.05) is 39.0 Å². The molecule has 1 N–H and O–H groups in total. The van der Waals surface area contributed by atoms with Gasteiger partial charge in [-0.25, -0.2) is 8.42 Å². The molecule has 3 rings (SSSR count). The summed E-state index contributed by atoms with van der Waals surface area (Å²) in [7, 11) is -3.20. The van der Waals surface area contributed by atoms with Gasteiger partial charge in [0.15, 0.2) is 9.84 Å². The lowest BCUT2D eigenvalue weighted by molar-refractivity contribution is -0.131. The SMILES string of the molecule is CS(=O)(=O)c1ccc(OCCC(=O)N2CC[C@@H]3CNC[C@@H]3CC2)cc1.Cl. The van der Waals surface area contributed by atoms with Gasteiger partial charge in [-0.1, -0.05) is 0 Å².